The Morgan fingerprint density at radius 3 is 2.74 bits per heavy atom. The zero-order valence-electron chi connectivity index (χ0n) is 15.8. The van der Waals surface area contributed by atoms with Crippen molar-refractivity contribution >= 4 is 23.2 Å². The number of hydrogen-bond donors (Lipinski definition) is 2. The zero-order chi connectivity index (χ0) is 18.9. The standard InChI is InChI=1S/C20H29N3O3S/c21-17(24)12-22-19(25)16-11-15-5-10-26-20(18(15)27-16)6-8-23(9-7-20)13-14-3-1-2-4-14/h11,14H,1-10,12-13H2,(H2,21,24)(H,22,25). The molecule has 0 atom stereocenters. The second kappa shape index (κ2) is 7.89. The highest BCUT2D eigenvalue weighted by Gasteiger charge is 2.43. The number of nitrogens with two attached hydrogens (primary N) is 1. The lowest BCUT2D eigenvalue weighted by atomic mass is 9.85. The topological polar surface area (TPSA) is 84.7 Å². The van der Waals surface area contributed by atoms with Crippen LogP contribution in [0, 0.1) is 5.92 Å². The van der Waals surface area contributed by atoms with E-state index in [1.165, 1.54) is 54.0 Å². The predicted molar refractivity (Wildman–Crippen MR) is 105 cm³/mol. The van der Waals surface area contributed by atoms with Gasteiger partial charge >= 0.3 is 0 Å². The molecule has 0 aromatic carbocycles. The molecule has 1 saturated heterocycles. The molecule has 27 heavy (non-hydrogen) atoms. The molecule has 2 amide bonds. The number of primary amides is 1. The molecule has 3 heterocycles. The number of piperidine rings is 1. The number of rotatable bonds is 5. The third kappa shape index (κ3) is 4.05. The second-order valence-corrected chi connectivity index (χ2v) is 9.21. The fraction of sp³-hybridized carbons (Fsp3) is 0.700. The molecule has 1 aromatic rings. The summed E-state index contributed by atoms with van der Waals surface area (Å²) in [5, 5.41) is 2.59. The minimum atomic E-state index is -0.529. The van der Waals surface area contributed by atoms with Gasteiger partial charge in [0.15, 0.2) is 0 Å². The van der Waals surface area contributed by atoms with Crippen LogP contribution in [0.1, 0.15) is 58.6 Å². The van der Waals surface area contributed by atoms with E-state index in [4.69, 9.17) is 10.5 Å². The maximum atomic E-state index is 12.3. The van der Waals surface area contributed by atoms with Crippen molar-refractivity contribution in [2.75, 3.05) is 32.8 Å². The number of amides is 2. The summed E-state index contributed by atoms with van der Waals surface area (Å²) in [4.78, 5) is 27.7. The van der Waals surface area contributed by atoms with Gasteiger partial charge in [-0.15, -0.1) is 11.3 Å². The van der Waals surface area contributed by atoms with Gasteiger partial charge in [0.1, 0.15) is 5.60 Å². The number of nitrogens with one attached hydrogen (secondary N) is 1. The number of thiophene rings is 1. The summed E-state index contributed by atoms with van der Waals surface area (Å²) in [6, 6.07) is 1.98. The monoisotopic (exact) mass is 391 g/mol. The van der Waals surface area contributed by atoms with Crippen LogP contribution in [0.2, 0.25) is 0 Å². The normalized spacial score (nSPS) is 22.7. The van der Waals surface area contributed by atoms with Crippen LogP contribution in [-0.4, -0.2) is 49.5 Å². The molecule has 0 bridgehead atoms. The molecule has 2 fully saturated rings. The number of likely N-dealkylation sites (tertiary alicyclic amines) is 1. The fourth-order valence-electron chi connectivity index (χ4n) is 4.81. The van der Waals surface area contributed by atoms with Crippen molar-refractivity contribution in [3.05, 3.63) is 21.4 Å². The molecule has 0 radical (unpaired) electrons. The second-order valence-electron chi connectivity index (χ2n) is 8.16. The maximum absolute atomic E-state index is 12.3. The van der Waals surface area contributed by atoms with Gasteiger partial charge in [0.25, 0.3) is 5.91 Å². The third-order valence-corrected chi connectivity index (χ3v) is 7.64. The van der Waals surface area contributed by atoms with Gasteiger partial charge in [-0.25, -0.2) is 0 Å². The molecule has 3 N–H and O–H groups in total. The lowest BCUT2D eigenvalue weighted by Gasteiger charge is -2.44. The van der Waals surface area contributed by atoms with E-state index < -0.39 is 5.91 Å². The molecule has 6 nitrogen and oxygen atoms in total. The molecule has 2 aliphatic heterocycles. The highest BCUT2D eigenvalue weighted by molar-refractivity contribution is 7.14. The van der Waals surface area contributed by atoms with Crippen molar-refractivity contribution in [1.82, 2.24) is 10.2 Å². The molecule has 1 spiro atoms. The van der Waals surface area contributed by atoms with Crippen molar-refractivity contribution in [3.8, 4) is 0 Å². The average molecular weight is 392 g/mol. The van der Waals surface area contributed by atoms with E-state index in [2.05, 4.69) is 10.2 Å². The molecule has 7 heteroatoms. The Balaban J connectivity index is 1.43. The molecule has 148 valence electrons. The van der Waals surface area contributed by atoms with E-state index in [1.807, 2.05) is 6.07 Å². The van der Waals surface area contributed by atoms with Gasteiger partial charge in [0.2, 0.25) is 5.91 Å². The number of nitrogens with zero attached hydrogens (tertiary/aromatic N) is 1. The summed E-state index contributed by atoms with van der Waals surface area (Å²) in [5.41, 5.74) is 6.13. The van der Waals surface area contributed by atoms with E-state index in [0.717, 1.165) is 38.3 Å². The Kier molecular flexibility index (Phi) is 5.53. The molecule has 0 unspecified atom stereocenters. The fourth-order valence-corrected chi connectivity index (χ4v) is 6.14. The molecular formula is C20H29N3O3S. The predicted octanol–water partition coefficient (Wildman–Crippen LogP) is 2.02. The number of ether oxygens (including phenoxy) is 1. The van der Waals surface area contributed by atoms with Crippen LogP contribution in [0.4, 0.5) is 0 Å². The van der Waals surface area contributed by atoms with Crippen LogP contribution in [-0.2, 0) is 21.6 Å². The lowest BCUT2D eigenvalue weighted by molar-refractivity contribution is -0.117. The minimum absolute atomic E-state index is 0.126. The first-order valence-corrected chi connectivity index (χ1v) is 10.9. The quantitative estimate of drug-likeness (QED) is 0.804. The Morgan fingerprint density at radius 2 is 2.04 bits per heavy atom. The van der Waals surface area contributed by atoms with Gasteiger partial charge < -0.3 is 20.7 Å². The highest BCUT2D eigenvalue weighted by Crippen LogP contribution is 2.45. The van der Waals surface area contributed by atoms with E-state index in [0.29, 0.717) is 11.5 Å². The summed E-state index contributed by atoms with van der Waals surface area (Å²) in [6.45, 7) is 3.95. The van der Waals surface area contributed by atoms with Crippen LogP contribution in [0.3, 0.4) is 0 Å². The summed E-state index contributed by atoms with van der Waals surface area (Å²) in [5.74, 6) is 0.130. The first kappa shape index (κ1) is 18.9. The van der Waals surface area contributed by atoms with Crippen LogP contribution in [0.5, 0.6) is 0 Å². The third-order valence-electron chi connectivity index (χ3n) is 6.27. The van der Waals surface area contributed by atoms with Crippen LogP contribution < -0.4 is 11.1 Å². The first-order valence-electron chi connectivity index (χ1n) is 10.1. The number of carbonyl (C=O) groups excluding carboxylic acids is 2. The Morgan fingerprint density at radius 1 is 1.30 bits per heavy atom. The lowest BCUT2D eigenvalue weighted by Crippen LogP contribution is -2.47. The number of fused-ring (bicyclic) bond motifs is 2. The Bertz CT molecular complexity index is 703. The van der Waals surface area contributed by atoms with E-state index in [1.54, 1.807) is 0 Å². The summed E-state index contributed by atoms with van der Waals surface area (Å²) >= 11 is 1.53. The van der Waals surface area contributed by atoms with Crippen molar-refractivity contribution < 1.29 is 14.3 Å². The van der Waals surface area contributed by atoms with Crippen molar-refractivity contribution in [2.24, 2.45) is 11.7 Å². The van der Waals surface area contributed by atoms with Crippen LogP contribution in [0.25, 0.3) is 0 Å². The van der Waals surface area contributed by atoms with Gasteiger partial charge in [-0.3, -0.25) is 9.59 Å². The summed E-state index contributed by atoms with van der Waals surface area (Å²) in [6.07, 6.45) is 8.40. The van der Waals surface area contributed by atoms with Gasteiger partial charge in [0.05, 0.1) is 18.0 Å². The van der Waals surface area contributed by atoms with E-state index >= 15 is 0 Å². The molecule has 4 rings (SSSR count). The van der Waals surface area contributed by atoms with Crippen LogP contribution >= 0.6 is 11.3 Å². The maximum Gasteiger partial charge on any atom is 0.261 e. The highest BCUT2D eigenvalue weighted by atomic mass is 32.1. The molecule has 3 aliphatic rings. The smallest absolute Gasteiger partial charge is 0.261 e. The molecule has 1 saturated carbocycles. The minimum Gasteiger partial charge on any atom is -0.369 e. The largest absolute Gasteiger partial charge is 0.369 e. The van der Waals surface area contributed by atoms with Gasteiger partial charge in [-0.1, -0.05) is 12.8 Å². The molecule has 1 aromatic heterocycles. The van der Waals surface area contributed by atoms with Crippen LogP contribution in [0.15, 0.2) is 6.07 Å². The van der Waals surface area contributed by atoms with Gasteiger partial charge in [0, 0.05) is 24.5 Å². The average Bonchev–Trinajstić information content (AvgIpc) is 3.32. The number of carbonyl (C=O) groups is 2. The van der Waals surface area contributed by atoms with Gasteiger partial charge in [-0.05, 0) is 49.7 Å². The van der Waals surface area contributed by atoms with Gasteiger partial charge in [-0.2, -0.15) is 0 Å². The SMILES string of the molecule is NC(=O)CNC(=O)c1cc2c(s1)C1(CCN(CC3CCCC3)CC1)OCC2. The molecular weight excluding hydrogens is 362 g/mol. The van der Waals surface area contributed by atoms with E-state index in [-0.39, 0.29) is 18.1 Å². The molecule has 1 aliphatic carbocycles. The van der Waals surface area contributed by atoms with E-state index in [9.17, 15) is 9.59 Å². The zero-order valence-corrected chi connectivity index (χ0v) is 16.6. The summed E-state index contributed by atoms with van der Waals surface area (Å²) < 4.78 is 6.32. The Hall–Kier alpha value is -1.44. The van der Waals surface area contributed by atoms with Crippen molar-refractivity contribution in [2.45, 2.75) is 50.5 Å². The van der Waals surface area contributed by atoms with Crippen molar-refractivity contribution in [1.29, 1.82) is 0 Å². The van der Waals surface area contributed by atoms with Crippen molar-refractivity contribution in [3.63, 3.8) is 0 Å². The first-order chi connectivity index (χ1) is 13.1. The Labute approximate surface area is 164 Å². The summed E-state index contributed by atoms with van der Waals surface area (Å²) in [7, 11) is 0. The number of hydrogen-bond acceptors (Lipinski definition) is 5.